The van der Waals surface area contributed by atoms with Crippen LogP contribution in [0.1, 0.15) is 38.7 Å². The largest absolute Gasteiger partial charge is 0.497 e. The van der Waals surface area contributed by atoms with Crippen LogP contribution in [0.25, 0.3) is 0 Å². The Morgan fingerprint density at radius 1 is 1.06 bits per heavy atom. The number of nitrogens with zero attached hydrogens (tertiary/aromatic N) is 2. The summed E-state index contributed by atoms with van der Waals surface area (Å²) in [5.41, 5.74) is 0.847. The van der Waals surface area contributed by atoms with E-state index in [1.165, 1.54) is 11.4 Å². The van der Waals surface area contributed by atoms with Crippen molar-refractivity contribution in [1.29, 1.82) is 0 Å². The van der Waals surface area contributed by atoms with Crippen molar-refractivity contribution in [3.63, 3.8) is 0 Å². The van der Waals surface area contributed by atoms with Crippen LogP contribution in [0, 0.1) is 0 Å². The first-order valence-electron chi connectivity index (χ1n) is 11.5. The van der Waals surface area contributed by atoms with Crippen LogP contribution in [-0.2, 0) is 26.2 Å². The van der Waals surface area contributed by atoms with E-state index in [1.54, 1.807) is 42.3 Å². The molecule has 0 saturated carbocycles. The zero-order chi connectivity index (χ0) is 25.1. The summed E-state index contributed by atoms with van der Waals surface area (Å²) in [7, 11) is -0.545. The molecule has 0 aliphatic carbocycles. The molecule has 1 N–H and O–H groups in total. The predicted molar refractivity (Wildman–Crippen MR) is 132 cm³/mol. The molecule has 2 aromatic rings. The second-order valence-electron chi connectivity index (χ2n) is 7.93. The highest BCUT2D eigenvalue weighted by molar-refractivity contribution is 7.89. The van der Waals surface area contributed by atoms with Gasteiger partial charge in [-0.1, -0.05) is 37.3 Å². The first kappa shape index (κ1) is 27.3. The summed E-state index contributed by atoms with van der Waals surface area (Å²) < 4.78 is 32.0. The zero-order valence-electron chi connectivity index (χ0n) is 20.4. The van der Waals surface area contributed by atoms with Crippen LogP contribution >= 0.6 is 0 Å². The molecule has 0 radical (unpaired) electrons. The number of hydrogen-bond donors (Lipinski definition) is 1. The van der Waals surface area contributed by atoms with Gasteiger partial charge in [-0.05, 0) is 49.6 Å². The summed E-state index contributed by atoms with van der Waals surface area (Å²) in [5.74, 6) is 0.264. The van der Waals surface area contributed by atoms with Gasteiger partial charge >= 0.3 is 0 Å². The molecule has 186 valence electrons. The molecule has 2 rings (SSSR count). The van der Waals surface area contributed by atoms with E-state index in [2.05, 4.69) is 5.32 Å². The molecule has 0 aromatic heterocycles. The van der Waals surface area contributed by atoms with Crippen LogP contribution < -0.4 is 10.1 Å². The van der Waals surface area contributed by atoms with Crippen molar-refractivity contribution in [2.45, 2.75) is 50.6 Å². The van der Waals surface area contributed by atoms with Gasteiger partial charge in [0.2, 0.25) is 21.8 Å². The number of rotatable bonds is 13. The minimum atomic E-state index is -3.62. The van der Waals surface area contributed by atoms with Gasteiger partial charge in [0.25, 0.3) is 0 Å². The molecule has 0 heterocycles. The molecule has 9 heteroatoms. The molecular formula is C25H35N3O5S. The van der Waals surface area contributed by atoms with Gasteiger partial charge in [0.05, 0.1) is 12.0 Å². The number of methoxy groups -OCH3 is 1. The molecule has 2 aromatic carbocycles. The van der Waals surface area contributed by atoms with Gasteiger partial charge in [-0.15, -0.1) is 0 Å². The molecule has 2 amide bonds. The Morgan fingerprint density at radius 3 is 2.38 bits per heavy atom. The monoisotopic (exact) mass is 489 g/mol. The molecule has 1 atom stereocenters. The first-order valence-corrected chi connectivity index (χ1v) is 12.9. The Bertz CT molecular complexity index is 1040. The normalized spacial score (nSPS) is 12.3. The number of benzene rings is 2. The van der Waals surface area contributed by atoms with Crippen molar-refractivity contribution in [2.75, 3.05) is 27.2 Å². The molecule has 0 fully saturated rings. The predicted octanol–water partition coefficient (Wildman–Crippen LogP) is 3.04. The number of sulfonamides is 1. The number of likely N-dealkylation sites (N-methyl/N-ethyl adjacent to an activating group) is 1. The third-order valence-electron chi connectivity index (χ3n) is 5.54. The molecule has 0 bridgehead atoms. The van der Waals surface area contributed by atoms with Gasteiger partial charge < -0.3 is 15.0 Å². The molecule has 34 heavy (non-hydrogen) atoms. The standard InChI is InChI=1S/C25H35N3O5S/c1-5-23(25(30)26-6-2)28(19-20-12-10-13-21(18-20)33-4)24(29)16-11-17-27(3)34(31,32)22-14-8-7-9-15-22/h7-10,12-15,18,23H,5-6,11,16-17,19H2,1-4H3,(H,26,30). The summed E-state index contributed by atoms with van der Waals surface area (Å²) in [5, 5.41) is 2.81. The molecule has 8 nitrogen and oxygen atoms in total. The summed E-state index contributed by atoms with van der Waals surface area (Å²) in [6, 6.07) is 15.0. The molecule has 1 unspecified atom stereocenters. The lowest BCUT2D eigenvalue weighted by Crippen LogP contribution is -2.49. The summed E-state index contributed by atoms with van der Waals surface area (Å²) in [6.07, 6.45) is 0.917. The van der Waals surface area contributed by atoms with E-state index in [0.29, 0.717) is 25.1 Å². The van der Waals surface area contributed by atoms with E-state index in [9.17, 15) is 18.0 Å². The Labute approximate surface area is 202 Å². The van der Waals surface area contributed by atoms with E-state index in [4.69, 9.17) is 4.74 Å². The van der Waals surface area contributed by atoms with Gasteiger partial charge in [-0.25, -0.2) is 12.7 Å². The fourth-order valence-electron chi connectivity index (χ4n) is 3.67. The number of nitrogens with one attached hydrogen (secondary N) is 1. The maximum absolute atomic E-state index is 13.3. The average molecular weight is 490 g/mol. The lowest BCUT2D eigenvalue weighted by atomic mass is 10.1. The SMILES string of the molecule is CCNC(=O)C(CC)N(Cc1cccc(OC)c1)C(=O)CCCN(C)S(=O)(=O)c1ccccc1. The van der Waals surface area contributed by atoms with Crippen molar-refractivity contribution >= 4 is 21.8 Å². The number of hydrogen-bond acceptors (Lipinski definition) is 5. The van der Waals surface area contributed by atoms with E-state index < -0.39 is 16.1 Å². The summed E-state index contributed by atoms with van der Waals surface area (Å²) in [4.78, 5) is 27.7. The minimum absolute atomic E-state index is 0.120. The molecule has 0 aliphatic rings. The Hall–Kier alpha value is -2.91. The van der Waals surface area contributed by atoms with Crippen molar-refractivity contribution < 1.29 is 22.7 Å². The van der Waals surface area contributed by atoms with E-state index in [0.717, 1.165) is 5.56 Å². The molecule has 0 aliphatic heterocycles. The molecule has 0 saturated heterocycles. The van der Waals surface area contributed by atoms with E-state index in [1.807, 2.05) is 38.1 Å². The van der Waals surface area contributed by atoms with Crippen LogP contribution in [0.3, 0.4) is 0 Å². The second-order valence-corrected chi connectivity index (χ2v) is 9.98. The van der Waals surface area contributed by atoms with Crippen molar-refractivity contribution in [3.05, 3.63) is 60.2 Å². The van der Waals surface area contributed by atoms with Gasteiger partial charge in [0, 0.05) is 33.1 Å². The Balaban J connectivity index is 2.13. The summed E-state index contributed by atoms with van der Waals surface area (Å²) >= 11 is 0. The van der Waals surface area contributed by atoms with Crippen LogP contribution in [0.4, 0.5) is 0 Å². The number of amides is 2. The van der Waals surface area contributed by atoms with Crippen LogP contribution in [-0.4, -0.2) is 62.7 Å². The fraction of sp³-hybridized carbons (Fsp3) is 0.440. The Kier molecular flexibility index (Phi) is 10.5. The lowest BCUT2D eigenvalue weighted by Gasteiger charge is -2.31. The van der Waals surface area contributed by atoms with Crippen molar-refractivity contribution in [2.24, 2.45) is 0 Å². The first-order chi connectivity index (χ1) is 16.2. The highest BCUT2D eigenvalue weighted by Gasteiger charge is 2.28. The maximum atomic E-state index is 13.3. The van der Waals surface area contributed by atoms with Gasteiger partial charge in [-0.3, -0.25) is 9.59 Å². The van der Waals surface area contributed by atoms with Gasteiger partial charge in [-0.2, -0.15) is 0 Å². The maximum Gasteiger partial charge on any atom is 0.242 e. The van der Waals surface area contributed by atoms with E-state index in [-0.39, 0.29) is 36.2 Å². The van der Waals surface area contributed by atoms with Crippen molar-refractivity contribution in [3.8, 4) is 5.75 Å². The molecule has 0 spiro atoms. The zero-order valence-corrected chi connectivity index (χ0v) is 21.2. The summed E-state index contributed by atoms with van der Waals surface area (Å²) in [6.45, 7) is 4.62. The second kappa shape index (κ2) is 13.1. The third-order valence-corrected chi connectivity index (χ3v) is 7.41. The topological polar surface area (TPSA) is 96.0 Å². The highest BCUT2D eigenvalue weighted by atomic mass is 32.2. The van der Waals surface area contributed by atoms with Gasteiger partial charge in [0.1, 0.15) is 11.8 Å². The van der Waals surface area contributed by atoms with Gasteiger partial charge in [0.15, 0.2) is 0 Å². The number of ether oxygens (including phenoxy) is 1. The highest BCUT2D eigenvalue weighted by Crippen LogP contribution is 2.19. The lowest BCUT2D eigenvalue weighted by molar-refractivity contribution is -0.141. The number of carbonyl (C=O) groups excluding carboxylic acids is 2. The molecular weight excluding hydrogens is 454 g/mol. The quantitative estimate of drug-likeness (QED) is 0.467. The van der Waals surface area contributed by atoms with Crippen LogP contribution in [0.5, 0.6) is 5.75 Å². The fourth-order valence-corrected chi connectivity index (χ4v) is 4.90. The van der Waals surface area contributed by atoms with Crippen LogP contribution in [0.2, 0.25) is 0 Å². The third kappa shape index (κ3) is 7.30. The van der Waals surface area contributed by atoms with E-state index >= 15 is 0 Å². The van der Waals surface area contributed by atoms with Crippen molar-refractivity contribution in [1.82, 2.24) is 14.5 Å². The van der Waals surface area contributed by atoms with Crippen LogP contribution in [0.15, 0.2) is 59.5 Å². The Morgan fingerprint density at radius 2 is 1.76 bits per heavy atom. The number of carbonyl (C=O) groups is 2. The minimum Gasteiger partial charge on any atom is -0.497 e. The average Bonchev–Trinajstić information content (AvgIpc) is 2.84. The smallest absolute Gasteiger partial charge is 0.242 e.